The second kappa shape index (κ2) is 7.17. The predicted molar refractivity (Wildman–Crippen MR) is 106 cm³/mol. The fraction of sp³-hybridized carbons (Fsp3) is 0.591. The molecule has 0 bridgehead atoms. The summed E-state index contributed by atoms with van der Waals surface area (Å²) in [7, 11) is 0. The number of aryl methyl sites for hydroxylation is 3. The van der Waals surface area contributed by atoms with Crippen molar-refractivity contribution in [1.29, 1.82) is 0 Å². The summed E-state index contributed by atoms with van der Waals surface area (Å²) in [5.41, 5.74) is 3.35. The lowest BCUT2D eigenvalue weighted by atomic mass is 9.84. The Kier molecular flexibility index (Phi) is 4.98. The van der Waals surface area contributed by atoms with Gasteiger partial charge in [0.2, 0.25) is 0 Å². The summed E-state index contributed by atoms with van der Waals surface area (Å²) in [6.07, 6.45) is 4.35. The number of aliphatic hydroxyl groups is 1. The van der Waals surface area contributed by atoms with E-state index in [1.807, 2.05) is 32.9 Å². The van der Waals surface area contributed by atoms with Crippen LogP contribution < -0.4 is 0 Å². The molecule has 2 N–H and O–H groups in total. The highest BCUT2D eigenvalue weighted by Gasteiger charge is 2.55. The summed E-state index contributed by atoms with van der Waals surface area (Å²) < 4.78 is 0. The maximum Gasteiger partial charge on any atom is 0.282 e. The smallest absolute Gasteiger partial charge is 0.282 e. The zero-order valence-electron chi connectivity index (χ0n) is 17.0. The number of benzene rings is 1. The number of hydroxylamine groups is 4. The number of piperidine rings is 1. The predicted octanol–water partition coefficient (Wildman–Crippen LogP) is 3.68. The zero-order chi connectivity index (χ0) is 20.1. The minimum atomic E-state index is -0.890. The van der Waals surface area contributed by atoms with Crippen molar-refractivity contribution >= 4 is 11.5 Å². The van der Waals surface area contributed by atoms with Crippen molar-refractivity contribution < 1.29 is 19.9 Å². The highest BCUT2D eigenvalue weighted by atomic mass is 16.7. The number of rotatable bonds is 4. The van der Waals surface area contributed by atoms with Gasteiger partial charge in [-0.2, -0.15) is 5.06 Å². The average Bonchev–Trinajstić information content (AvgIpc) is 2.78. The zero-order valence-corrected chi connectivity index (χ0v) is 17.0. The average molecular weight is 386 g/mol. The first kappa shape index (κ1) is 19.4. The summed E-state index contributed by atoms with van der Waals surface area (Å²) in [5, 5.41) is 23.9. The van der Waals surface area contributed by atoms with Crippen LogP contribution in [0.2, 0.25) is 0 Å². The van der Waals surface area contributed by atoms with Crippen LogP contribution in [0.1, 0.15) is 54.4 Å². The van der Waals surface area contributed by atoms with E-state index in [1.165, 1.54) is 16.5 Å². The molecule has 2 heterocycles. The van der Waals surface area contributed by atoms with E-state index < -0.39 is 5.54 Å². The highest BCUT2D eigenvalue weighted by molar-refractivity contribution is 6.23. The molecule has 3 aliphatic rings. The summed E-state index contributed by atoms with van der Waals surface area (Å²) >= 11 is 0. The second-order valence-corrected chi connectivity index (χ2v) is 8.67. The maximum atomic E-state index is 13.5. The Morgan fingerprint density at radius 3 is 2.29 bits per heavy atom. The number of aliphatic hydroxyl groups excluding tert-OH is 1. The van der Waals surface area contributed by atoms with Crippen LogP contribution in [0, 0.1) is 26.7 Å². The monoisotopic (exact) mass is 386 g/mol. The standard InChI is InChI=1S/C22H30N2O4/c1-14-11-15(2)18(16(3)12-14)19-20(25)22(7-9-23(27)10-8-22)24(21(19)26)28-13-17-5-4-6-17/h11-12,17,25,27H,4-10,13H2,1-3H3. The van der Waals surface area contributed by atoms with E-state index in [-0.39, 0.29) is 11.7 Å². The van der Waals surface area contributed by atoms with Gasteiger partial charge < -0.3 is 10.3 Å². The van der Waals surface area contributed by atoms with Crippen LogP contribution in [0.4, 0.5) is 0 Å². The summed E-state index contributed by atoms with van der Waals surface area (Å²) in [6, 6.07) is 4.08. The molecule has 0 aromatic heterocycles. The molecule has 2 fully saturated rings. The Hall–Kier alpha value is -1.89. The maximum absolute atomic E-state index is 13.5. The highest BCUT2D eigenvalue weighted by Crippen LogP contribution is 2.46. The van der Waals surface area contributed by atoms with E-state index in [9.17, 15) is 15.1 Å². The quantitative estimate of drug-likeness (QED) is 0.826. The molecule has 4 rings (SSSR count). The molecule has 1 aliphatic carbocycles. The third kappa shape index (κ3) is 3.04. The van der Waals surface area contributed by atoms with Gasteiger partial charge in [-0.25, -0.2) is 5.06 Å². The van der Waals surface area contributed by atoms with Crippen molar-refractivity contribution in [3.8, 4) is 0 Å². The van der Waals surface area contributed by atoms with Crippen LogP contribution in [0.25, 0.3) is 5.57 Å². The molecule has 1 aromatic rings. The van der Waals surface area contributed by atoms with Crippen molar-refractivity contribution in [3.63, 3.8) is 0 Å². The first-order chi connectivity index (χ1) is 13.3. The van der Waals surface area contributed by atoms with Gasteiger partial charge in [0, 0.05) is 13.1 Å². The third-order valence-electron chi connectivity index (χ3n) is 6.62. The minimum Gasteiger partial charge on any atom is -0.509 e. The van der Waals surface area contributed by atoms with Gasteiger partial charge in [0.15, 0.2) is 0 Å². The number of hydrogen-bond donors (Lipinski definition) is 2. The number of amides is 1. The van der Waals surface area contributed by atoms with E-state index in [1.54, 1.807) is 0 Å². The van der Waals surface area contributed by atoms with Crippen LogP contribution in [0.3, 0.4) is 0 Å². The van der Waals surface area contributed by atoms with Crippen LogP contribution in [0.5, 0.6) is 0 Å². The van der Waals surface area contributed by atoms with Crippen molar-refractivity contribution in [3.05, 3.63) is 40.1 Å². The molecule has 1 saturated carbocycles. The van der Waals surface area contributed by atoms with Gasteiger partial charge in [0.25, 0.3) is 5.91 Å². The molecule has 1 saturated heterocycles. The normalized spacial score (nSPS) is 23.0. The first-order valence-electron chi connectivity index (χ1n) is 10.3. The lowest BCUT2D eigenvalue weighted by Gasteiger charge is -2.42. The van der Waals surface area contributed by atoms with Crippen molar-refractivity contribution in [2.75, 3.05) is 19.7 Å². The minimum absolute atomic E-state index is 0.0919. The van der Waals surface area contributed by atoms with Crippen LogP contribution >= 0.6 is 0 Å². The van der Waals surface area contributed by atoms with E-state index in [0.717, 1.165) is 35.1 Å². The number of hydrogen-bond acceptors (Lipinski definition) is 5. The molecule has 1 spiro atoms. The molecular formula is C22H30N2O4. The number of carbonyl (C=O) groups excluding carboxylic acids is 1. The topological polar surface area (TPSA) is 73.2 Å². The Bertz CT molecular complexity index is 797. The van der Waals surface area contributed by atoms with Gasteiger partial charge >= 0.3 is 0 Å². The Morgan fingerprint density at radius 2 is 1.75 bits per heavy atom. The van der Waals surface area contributed by atoms with E-state index in [0.29, 0.717) is 44.0 Å². The molecule has 2 aliphatic heterocycles. The summed E-state index contributed by atoms with van der Waals surface area (Å²) in [4.78, 5) is 19.5. The second-order valence-electron chi connectivity index (χ2n) is 8.67. The van der Waals surface area contributed by atoms with Crippen molar-refractivity contribution in [2.24, 2.45) is 5.92 Å². The first-order valence-corrected chi connectivity index (χ1v) is 10.3. The van der Waals surface area contributed by atoms with E-state index in [2.05, 4.69) is 0 Å². The third-order valence-corrected chi connectivity index (χ3v) is 6.62. The van der Waals surface area contributed by atoms with Crippen molar-refractivity contribution in [2.45, 2.75) is 58.4 Å². The Balaban J connectivity index is 1.75. The van der Waals surface area contributed by atoms with Gasteiger partial charge in [0.05, 0.1) is 12.2 Å². The van der Waals surface area contributed by atoms with Crippen LogP contribution in [-0.2, 0) is 9.63 Å². The number of carbonyl (C=O) groups is 1. The number of nitrogens with zero attached hydrogens (tertiary/aromatic N) is 2. The molecule has 1 aromatic carbocycles. The summed E-state index contributed by atoms with van der Waals surface area (Å²) in [6.45, 7) is 7.26. The Morgan fingerprint density at radius 1 is 1.14 bits per heavy atom. The molecule has 0 unspecified atom stereocenters. The molecule has 1 amide bonds. The SMILES string of the molecule is Cc1cc(C)c(C2=C(O)C3(CCN(O)CC3)N(OCC3CCC3)C2=O)c(C)c1. The Labute approximate surface area is 166 Å². The van der Waals surface area contributed by atoms with E-state index in [4.69, 9.17) is 4.84 Å². The van der Waals surface area contributed by atoms with E-state index >= 15 is 0 Å². The molecule has 0 radical (unpaired) electrons. The lowest BCUT2D eigenvalue weighted by Crippen LogP contribution is -2.55. The molecule has 152 valence electrons. The molecule has 28 heavy (non-hydrogen) atoms. The fourth-order valence-electron chi connectivity index (χ4n) is 4.85. The van der Waals surface area contributed by atoms with Gasteiger partial charge in [-0.3, -0.25) is 9.63 Å². The lowest BCUT2D eigenvalue weighted by molar-refractivity contribution is -0.235. The summed E-state index contributed by atoms with van der Waals surface area (Å²) in [5.74, 6) is 0.310. The van der Waals surface area contributed by atoms with Crippen molar-refractivity contribution in [1.82, 2.24) is 10.1 Å². The van der Waals surface area contributed by atoms with Crippen LogP contribution in [0.15, 0.2) is 17.9 Å². The fourth-order valence-corrected chi connectivity index (χ4v) is 4.85. The van der Waals surface area contributed by atoms with Gasteiger partial charge in [-0.15, -0.1) is 0 Å². The van der Waals surface area contributed by atoms with Gasteiger partial charge in [-0.05, 0) is 69.1 Å². The van der Waals surface area contributed by atoms with Gasteiger partial charge in [0.1, 0.15) is 11.3 Å². The molecular weight excluding hydrogens is 356 g/mol. The largest absolute Gasteiger partial charge is 0.509 e. The molecule has 6 nitrogen and oxygen atoms in total. The van der Waals surface area contributed by atoms with Crippen LogP contribution in [-0.4, -0.2) is 51.6 Å². The molecule has 6 heteroatoms. The molecule has 0 atom stereocenters. The van der Waals surface area contributed by atoms with Gasteiger partial charge in [-0.1, -0.05) is 24.1 Å².